The number of likely N-dealkylation sites (N-methyl/N-ethyl adjacent to an activating group) is 1. The number of rotatable bonds is 8. The molecule has 1 aliphatic heterocycles. The molecule has 134 valence electrons. The van der Waals surface area contributed by atoms with E-state index < -0.39 is 0 Å². The van der Waals surface area contributed by atoms with Gasteiger partial charge in [0.25, 0.3) is 0 Å². The standard InChI is InChI=1S/C20H33N3O/c1-4-22(5-2)13-14-23(16-18-9-7-6-8-10-18)20(24)19-11-12-21-17(3)15-19/h6-10,17,19,21H,4-5,11-16H2,1-3H3/t17-,19-/m0/s1. The van der Waals surface area contributed by atoms with Crippen LogP contribution in [0.1, 0.15) is 39.2 Å². The second kappa shape index (κ2) is 9.80. The minimum atomic E-state index is 0.168. The van der Waals surface area contributed by atoms with Crippen LogP contribution in [0, 0.1) is 5.92 Å². The molecule has 0 unspecified atom stereocenters. The predicted octanol–water partition coefficient (Wildman–Crippen LogP) is 2.75. The Bertz CT molecular complexity index is 487. The Kier molecular flexibility index (Phi) is 7.73. The highest BCUT2D eigenvalue weighted by molar-refractivity contribution is 5.79. The lowest BCUT2D eigenvalue weighted by atomic mass is 9.92. The second-order valence-electron chi connectivity index (χ2n) is 6.85. The van der Waals surface area contributed by atoms with E-state index in [9.17, 15) is 4.79 Å². The van der Waals surface area contributed by atoms with E-state index >= 15 is 0 Å². The summed E-state index contributed by atoms with van der Waals surface area (Å²) >= 11 is 0. The topological polar surface area (TPSA) is 35.6 Å². The van der Waals surface area contributed by atoms with Crippen molar-refractivity contribution in [2.24, 2.45) is 5.92 Å². The molecule has 0 spiro atoms. The zero-order valence-electron chi connectivity index (χ0n) is 15.5. The fourth-order valence-corrected chi connectivity index (χ4v) is 3.49. The third-order valence-electron chi connectivity index (χ3n) is 5.08. The first-order valence-electron chi connectivity index (χ1n) is 9.42. The molecule has 1 fully saturated rings. The molecule has 0 radical (unpaired) electrons. The number of carbonyl (C=O) groups excluding carboxylic acids is 1. The van der Waals surface area contributed by atoms with E-state index in [-0.39, 0.29) is 5.92 Å². The molecular weight excluding hydrogens is 298 g/mol. The van der Waals surface area contributed by atoms with Gasteiger partial charge in [-0.1, -0.05) is 44.2 Å². The maximum absolute atomic E-state index is 13.1. The van der Waals surface area contributed by atoms with Gasteiger partial charge in [-0.3, -0.25) is 4.79 Å². The molecule has 0 aromatic heterocycles. The zero-order valence-corrected chi connectivity index (χ0v) is 15.5. The Labute approximate surface area is 147 Å². The number of nitrogens with zero attached hydrogens (tertiary/aromatic N) is 2. The van der Waals surface area contributed by atoms with Crippen molar-refractivity contribution in [1.29, 1.82) is 0 Å². The van der Waals surface area contributed by atoms with Crippen LogP contribution in [-0.4, -0.2) is 54.5 Å². The van der Waals surface area contributed by atoms with Crippen molar-refractivity contribution in [2.45, 2.75) is 46.2 Å². The van der Waals surface area contributed by atoms with E-state index in [1.54, 1.807) is 0 Å². The Hall–Kier alpha value is -1.39. The highest BCUT2D eigenvalue weighted by atomic mass is 16.2. The largest absolute Gasteiger partial charge is 0.337 e. The number of amides is 1. The van der Waals surface area contributed by atoms with Crippen LogP contribution in [0.4, 0.5) is 0 Å². The Morgan fingerprint density at radius 2 is 1.88 bits per heavy atom. The van der Waals surface area contributed by atoms with Gasteiger partial charge in [0.1, 0.15) is 0 Å². The lowest BCUT2D eigenvalue weighted by Gasteiger charge is -2.33. The van der Waals surface area contributed by atoms with Crippen molar-refractivity contribution < 1.29 is 4.79 Å². The summed E-state index contributed by atoms with van der Waals surface area (Å²) in [5.41, 5.74) is 1.22. The summed E-state index contributed by atoms with van der Waals surface area (Å²) in [5.74, 6) is 0.501. The van der Waals surface area contributed by atoms with E-state index in [0.29, 0.717) is 11.9 Å². The lowest BCUT2D eigenvalue weighted by Crippen LogP contribution is -2.46. The molecule has 0 aliphatic carbocycles. The summed E-state index contributed by atoms with van der Waals surface area (Å²) < 4.78 is 0. The van der Waals surface area contributed by atoms with Crippen LogP contribution in [0.25, 0.3) is 0 Å². The molecule has 2 atom stereocenters. The van der Waals surface area contributed by atoms with Crippen LogP contribution in [0.5, 0.6) is 0 Å². The van der Waals surface area contributed by atoms with E-state index in [1.165, 1.54) is 5.56 Å². The molecule has 1 heterocycles. The Morgan fingerprint density at radius 1 is 1.17 bits per heavy atom. The van der Waals surface area contributed by atoms with Gasteiger partial charge in [-0.05, 0) is 45.0 Å². The number of nitrogens with one attached hydrogen (secondary N) is 1. The van der Waals surface area contributed by atoms with E-state index in [0.717, 1.165) is 52.1 Å². The summed E-state index contributed by atoms with van der Waals surface area (Å²) in [4.78, 5) is 17.6. The third-order valence-corrected chi connectivity index (χ3v) is 5.08. The second-order valence-corrected chi connectivity index (χ2v) is 6.85. The maximum Gasteiger partial charge on any atom is 0.226 e. The number of piperidine rings is 1. The van der Waals surface area contributed by atoms with E-state index in [4.69, 9.17) is 0 Å². The zero-order chi connectivity index (χ0) is 17.4. The molecule has 1 saturated heterocycles. The van der Waals surface area contributed by atoms with Gasteiger partial charge in [0.2, 0.25) is 5.91 Å². The quantitative estimate of drug-likeness (QED) is 0.795. The monoisotopic (exact) mass is 331 g/mol. The molecule has 1 N–H and O–H groups in total. The Morgan fingerprint density at radius 3 is 2.50 bits per heavy atom. The van der Waals surface area contributed by atoms with Gasteiger partial charge in [0, 0.05) is 31.6 Å². The smallest absolute Gasteiger partial charge is 0.226 e. The van der Waals surface area contributed by atoms with Crippen molar-refractivity contribution in [1.82, 2.24) is 15.1 Å². The van der Waals surface area contributed by atoms with E-state index in [1.807, 2.05) is 6.07 Å². The van der Waals surface area contributed by atoms with Gasteiger partial charge in [0.15, 0.2) is 0 Å². The van der Waals surface area contributed by atoms with Crippen molar-refractivity contribution in [2.75, 3.05) is 32.7 Å². The van der Waals surface area contributed by atoms with Gasteiger partial charge >= 0.3 is 0 Å². The molecular formula is C20H33N3O. The number of benzene rings is 1. The first-order chi connectivity index (χ1) is 11.6. The summed E-state index contributed by atoms with van der Waals surface area (Å²) in [6.45, 7) is 12.0. The lowest BCUT2D eigenvalue weighted by molar-refractivity contribution is -0.137. The van der Waals surface area contributed by atoms with Gasteiger partial charge in [0.05, 0.1) is 0 Å². The van der Waals surface area contributed by atoms with Gasteiger partial charge in [-0.2, -0.15) is 0 Å². The molecule has 0 bridgehead atoms. The SMILES string of the molecule is CCN(CC)CCN(Cc1ccccc1)C(=O)[C@H]1CCN[C@@H](C)C1. The molecule has 0 saturated carbocycles. The molecule has 24 heavy (non-hydrogen) atoms. The minimum Gasteiger partial charge on any atom is -0.337 e. The van der Waals surface area contributed by atoms with Crippen molar-refractivity contribution in [3.05, 3.63) is 35.9 Å². The maximum atomic E-state index is 13.1. The first-order valence-corrected chi connectivity index (χ1v) is 9.42. The molecule has 1 amide bonds. The summed E-state index contributed by atoms with van der Waals surface area (Å²) in [5, 5.41) is 3.44. The van der Waals surface area contributed by atoms with E-state index in [2.05, 4.69) is 60.2 Å². The van der Waals surface area contributed by atoms with Gasteiger partial charge in [-0.15, -0.1) is 0 Å². The van der Waals surface area contributed by atoms with Crippen molar-refractivity contribution >= 4 is 5.91 Å². The molecule has 2 rings (SSSR count). The Balaban J connectivity index is 2.04. The normalized spacial score (nSPS) is 21.0. The summed E-state index contributed by atoms with van der Waals surface area (Å²) in [6, 6.07) is 10.8. The number of carbonyl (C=O) groups is 1. The molecule has 1 aliphatic rings. The van der Waals surface area contributed by atoms with Crippen LogP contribution in [0.15, 0.2) is 30.3 Å². The van der Waals surface area contributed by atoms with Crippen LogP contribution in [-0.2, 0) is 11.3 Å². The minimum absolute atomic E-state index is 0.168. The van der Waals surface area contributed by atoms with Crippen LogP contribution >= 0.6 is 0 Å². The van der Waals surface area contributed by atoms with Crippen LogP contribution < -0.4 is 5.32 Å². The average Bonchev–Trinajstić information content (AvgIpc) is 2.62. The van der Waals surface area contributed by atoms with Crippen molar-refractivity contribution in [3.8, 4) is 0 Å². The number of hydrogen-bond acceptors (Lipinski definition) is 3. The molecule has 1 aromatic carbocycles. The molecule has 1 aromatic rings. The summed E-state index contributed by atoms with van der Waals surface area (Å²) in [7, 11) is 0. The predicted molar refractivity (Wildman–Crippen MR) is 99.8 cm³/mol. The first kappa shape index (κ1) is 18.9. The summed E-state index contributed by atoms with van der Waals surface area (Å²) in [6.07, 6.45) is 1.91. The molecule has 4 heteroatoms. The van der Waals surface area contributed by atoms with Crippen LogP contribution in [0.3, 0.4) is 0 Å². The van der Waals surface area contributed by atoms with Crippen molar-refractivity contribution in [3.63, 3.8) is 0 Å². The highest BCUT2D eigenvalue weighted by Gasteiger charge is 2.28. The van der Waals surface area contributed by atoms with Crippen LogP contribution in [0.2, 0.25) is 0 Å². The van der Waals surface area contributed by atoms with Gasteiger partial charge in [-0.25, -0.2) is 0 Å². The molecule has 4 nitrogen and oxygen atoms in total. The fourth-order valence-electron chi connectivity index (χ4n) is 3.49. The fraction of sp³-hybridized carbons (Fsp3) is 0.650. The third kappa shape index (κ3) is 5.60. The van der Waals surface area contributed by atoms with Gasteiger partial charge < -0.3 is 15.1 Å². The average molecular weight is 332 g/mol. The highest BCUT2D eigenvalue weighted by Crippen LogP contribution is 2.20. The number of hydrogen-bond donors (Lipinski definition) is 1.